The number of amides is 1. The van der Waals surface area contributed by atoms with E-state index in [1.165, 1.54) is 0 Å². The second kappa shape index (κ2) is 7.91. The maximum atomic E-state index is 12.8. The van der Waals surface area contributed by atoms with Gasteiger partial charge in [0, 0.05) is 21.9 Å². The molecule has 1 N–H and O–H groups in total. The molecule has 0 aliphatic heterocycles. The van der Waals surface area contributed by atoms with E-state index in [9.17, 15) is 4.79 Å². The SMILES string of the molecule is Cc1cc(-c2nc3ncccc3o2)ccc1NC(=O)C(C)(C)Oc1ccc(Br)cc1. The third-order valence-corrected chi connectivity index (χ3v) is 5.15. The summed E-state index contributed by atoms with van der Waals surface area (Å²) in [6.07, 6.45) is 1.68. The number of hydrogen-bond donors (Lipinski definition) is 1. The molecule has 4 rings (SSSR count). The van der Waals surface area contributed by atoms with Crippen molar-refractivity contribution in [2.45, 2.75) is 26.4 Å². The van der Waals surface area contributed by atoms with Gasteiger partial charge in [-0.25, -0.2) is 4.98 Å². The van der Waals surface area contributed by atoms with E-state index >= 15 is 0 Å². The number of nitrogens with one attached hydrogen (secondary N) is 1. The molecule has 152 valence electrons. The van der Waals surface area contributed by atoms with Crippen molar-refractivity contribution in [1.29, 1.82) is 0 Å². The van der Waals surface area contributed by atoms with Gasteiger partial charge in [-0.3, -0.25) is 4.79 Å². The molecule has 0 saturated carbocycles. The van der Waals surface area contributed by atoms with Crippen molar-refractivity contribution >= 4 is 38.8 Å². The summed E-state index contributed by atoms with van der Waals surface area (Å²) in [4.78, 5) is 21.5. The van der Waals surface area contributed by atoms with E-state index in [4.69, 9.17) is 9.15 Å². The standard InChI is InChI=1S/C23H20BrN3O3/c1-14-13-15(21-27-20-19(29-21)5-4-12-25-20)6-11-18(14)26-22(28)23(2,3)30-17-9-7-16(24)8-10-17/h4-13H,1-3H3,(H,26,28). The molecule has 2 aromatic carbocycles. The van der Waals surface area contributed by atoms with Crippen LogP contribution in [-0.2, 0) is 4.79 Å². The van der Waals surface area contributed by atoms with E-state index in [1.54, 1.807) is 26.1 Å². The number of benzene rings is 2. The first-order chi connectivity index (χ1) is 14.3. The Morgan fingerprint density at radius 2 is 1.90 bits per heavy atom. The Morgan fingerprint density at radius 1 is 1.13 bits per heavy atom. The summed E-state index contributed by atoms with van der Waals surface area (Å²) in [5.74, 6) is 0.867. The van der Waals surface area contributed by atoms with Crippen molar-refractivity contribution in [3.63, 3.8) is 0 Å². The first-order valence-electron chi connectivity index (χ1n) is 9.40. The molecule has 30 heavy (non-hydrogen) atoms. The monoisotopic (exact) mass is 465 g/mol. The Kier molecular flexibility index (Phi) is 5.30. The van der Waals surface area contributed by atoms with Gasteiger partial charge in [-0.15, -0.1) is 0 Å². The van der Waals surface area contributed by atoms with Crippen LogP contribution in [0.2, 0.25) is 0 Å². The lowest BCUT2D eigenvalue weighted by Gasteiger charge is -2.25. The third kappa shape index (κ3) is 4.21. The van der Waals surface area contributed by atoms with E-state index in [2.05, 4.69) is 31.2 Å². The van der Waals surface area contributed by atoms with Crippen LogP contribution in [0.5, 0.6) is 5.75 Å². The van der Waals surface area contributed by atoms with Gasteiger partial charge >= 0.3 is 0 Å². The minimum Gasteiger partial charge on any atom is -0.478 e. The molecule has 2 heterocycles. The maximum Gasteiger partial charge on any atom is 0.267 e. The lowest BCUT2D eigenvalue weighted by atomic mass is 10.1. The van der Waals surface area contributed by atoms with Gasteiger partial charge in [0.05, 0.1) is 0 Å². The van der Waals surface area contributed by atoms with Gasteiger partial charge in [-0.05, 0) is 80.9 Å². The normalized spacial score (nSPS) is 11.5. The lowest BCUT2D eigenvalue weighted by molar-refractivity contribution is -0.128. The Hall–Kier alpha value is -3.19. The summed E-state index contributed by atoms with van der Waals surface area (Å²) in [6, 6.07) is 16.6. The number of nitrogens with zero attached hydrogens (tertiary/aromatic N) is 2. The number of aromatic nitrogens is 2. The molecule has 1 amide bonds. The topological polar surface area (TPSA) is 77.3 Å². The van der Waals surface area contributed by atoms with Crippen molar-refractivity contribution in [1.82, 2.24) is 9.97 Å². The number of halogens is 1. The van der Waals surface area contributed by atoms with Gasteiger partial charge < -0.3 is 14.5 Å². The second-order valence-corrected chi connectivity index (χ2v) is 8.31. The molecule has 4 aromatic rings. The van der Waals surface area contributed by atoms with Gasteiger partial charge in [-0.1, -0.05) is 15.9 Å². The van der Waals surface area contributed by atoms with Gasteiger partial charge in [0.15, 0.2) is 16.8 Å². The average molecular weight is 466 g/mol. The van der Waals surface area contributed by atoms with Gasteiger partial charge in [0.1, 0.15) is 5.75 Å². The highest BCUT2D eigenvalue weighted by atomic mass is 79.9. The highest BCUT2D eigenvalue weighted by Gasteiger charge is 2.30. The number of carbonyl (C=O) groups excluding carboxylic acids is 1. The molecular weight excluding hydrogens is 446 g/mol. The highest BCUT2D eigenvalue weighted by molar-refractivity contribution is 9.10. The third-order valence-electron chi connectivity index (χ3n) is 4.62. The number of carbonyl (C=O) groups is 1. The first kappa shape index (κ1) is 20.1. The molecule has 0 spiro atoms. The van der Waals surface area contributed by atoms with Gasteiger partial charge in [-0.2, -0.15) is 4.98 Å². The minimum atomic E-state index is -1.05. The molecule has 0 fully saturated rings. The predicted octanol–water partition coefficient (Wildman–Crippen LogP) is 5.76. The summed E-state index contributed by atoms with van der Waals surface area (Å²) < 4.78 is 12.6. The van der Waals surface area contributed by atoms with Crippen molar-refractivity contribution in [3.05, 3.63) is 70.8 Å². The number of pyridine rings is 1. The average Bonchev–Trinajstić information content (AvgIpc) is 3.15. The first-order valence-corrected chi connectivity index (χ1v) is 10.2. The fraction of sp³-hybridized carbons (Fsp3) is 0.174. The molecule has 0 unspecified atom stereocenters. The van der Waals surface area contributed by atoms with Crippen LogP contribution in [0.25, 0.3) is 22.7 Å². The van der Waals surface area contributed by atoms with E-state index in [-0.39, 0.29) is 5.91 Å². The van der Waals surface area contributed by atoms with Crippen LogP contribution in [0.15, 0.2) is 69.7 Å². The predicted molar refractivity (Wildman–Crippen MR) is 119 cm³/mol. The van der Waals surface area contributed by atoms with Crippen LogP contribution in [0.4, 0.5) is 5.69 Å². The van der Waals surface area contributed by atoms with Crippen molar-refractivity contribution in [2.24, 2.45) is 0 Å². The Balaban J connectivity index is 1.51. The maximum absolute atomic E-state index is 12.8. The number of aryl methyl sites for hydroxylation is 1. The highest BCUT2D eigenvalue weighted by Crippen LogP contribution is 2.28. The summed E-state index contributed by atoms with van der Waals surface area (Å²) in [5, 5.41) is 2.95. The molecule has 2 aromatic heterocycles. The Labute approximate surface area is 182 Å². The number of fused-ring (bicyclic) bond motifs is 1. The van der Waals surface area contributed by atoms with Crippen LogP contribution < -0.4 is 10.1 Å². The Bertz CT molecular complexity index is 1180. The van der Waals surface area contributed by atoms with E-state index in [0.29, 0.717) is 28.6 Å². The van der Waals surface area contributed by atoms with Crippen molar-refractivity contribution in [3.8, 4) is 17.2 Å². The van der Waals surface area contributed by atoms with Crippen LogP contribution in [0.1, 0.15) is 19.4 Å². The molecule has 7 heteroatoms. The summed E-state index contributed by atoms with van der Waals surface area (Å²) >= 11 is 3.39. The fourth-order valence-electron chi connectivity index (χ4n) is 2.95. The molecular formula is C23H20BrN3O3. The lowest BCUT2D eigenvalue weighted by Crippen LogP contribution is -2.42. The zero-order valence-electron chi connectivity index (χ0n) is 16.8. The van der Waals surface area contributed by atoms with E-state index in [0.717, 1.165) is 15.6 Å². The van der Waals surface area contributed by atoms with Crippen LogP contribution >= 0.6 is 15.9 Å². The summed E-state index contributed by atoms with van der Waals surface area (Å²) in [5.41, 5.74) is 2.55. The van der Waals surface area contributed by atoms with Crippen molar-refractivity contribution < 1.29 is 13.9 Å². The van der Waals surface area contributed by atoms with Gasteiger partial charge in [0.2, 0.25) is 5.89 Å². The fourth-order valence-corrected chi connectivity index (χ4v) is 3.21. The molecule has 0 aliphatic carbocycles. The smallest absolute Gasteiger partial charge is 0.267 e. The van der Waals surface area contributed by atoms with Crippen LogP contribution in [0, 0.1) is 6.92 Å². The second-order valence-electron chi connectivity index (χ2n) is 7.39. The molecule has 6 nitrogen and oxygen atoms in total. The molecule has 0 bridgehead atoms. The number of anilines is 1. The molecule has 0 radical (unpaired) electrons. The quantitative estimate of drug-likeness (QED) is 0.405. The molecule has 0 saturated heterocycles. The summed E-state index contributed by atoms with van der Waals surface area (Å²) in [6.45, 7) is 5.39. The molecule has 0 aliphatic rings. The van der Waals surface area contributed by atoms with Crippen LogP contribution in [-0.4, -0.2) is 21.5 Å². The zero-order valence-corrected chi connectivity index (χ0v) is 18.4. The largest absolute Gasteiger partial charge is 0.478 e. The minimum absolute atomic E-state index is 0.243. The number of hydrogen-bond acceptors (Lipinski definition) is 5. The number of rotatable bonds is 5. The van der Waals surface area contributed by atoms with E-state index in [1.807, 2.05) is 55.5 Å². The van der Waals surface area contributed by atoms with Crippen LogP contribution in [0.3, 0.4) is 0 Å². The Morgan fingerprint density at radius 3 is 2.60 bits per heavy atom. The number of oxazole rings is 1. The van der Waals surface area contributed by atoms with E-state index < -0.39 is 5.60 Å². The van der Waals surface area contributed by atoms with Crippen molar-refractivity contribution in [2.75, 3.05) is 5.32 Å². The molecule has 0 atom stereocenters. The van der Waals surface area contributed by atoms with Gasteiger partial charge in [0.25, 0.3) is 5.91 Å². The summed E-state index contributed by atoms with van der Waals surface area (Å²) in [7, 11) is 0. The number of ether oxygens (including phenoxy) is 1. The zero-order chi connectivity index (χ0) is 21.3.